The summed E-state index contributed by atoms with van der Waals surface area (Å²) in [4.78, 5) is 13.1. The van der Waals surface area contributed by atoms with Gasteiger partial charge in [0, 0.05) is 35.5 Å². The number of para-hydroxylation sites is 1. The molecule has 0 fully saturated rings. The highest BCUT2D eigenvalue weighted by molar-refractivity contribution is 5.93. The minimum Gasteiger partial charge on any atom is -0.355 e. The van der Waals surface area contributed by atoms with Gasteiger partial charge < -0.3 is 9.84 Å². The molecule has 6 nitrogen and oxygen atoms in total. The average molecular weight is 517 g/mol. The highest BCUT2D eigenvalue weighted by Gasteiger charge is 2.20. The number of hydrogen-bond donors (Lipinski definition) is 1. The number of aromatic nitrogens is 3. The number of benzene rings is 3. The van der Waals surface area contributed by atoms with Crippen molar-refractivity contribution in [1.82, 2.24) is 20.3 Å². The largest absolute Gasteiger partial charge is 0.355 e. The SMILES string of the molecule is Cc1cc(C)c(-c2nn(-c3ccccc3)cc2CNC(=O)c2cc(-c3ccc4c(c3)CCCC4)on2)c(C)c1. The Morgan fingerprint density at radius 2 is 1.67 bits per heavy atom. The molecule has 0 bridgehead atoms. The summed E-state index contributed by atoms with van der Waals surface area (Å²) in [5.74, 6) is 0.329. The van der Waals surface area contributed by atoms with Crippen LogP contribution in [0, 0.1) is 20.8 Å². The first-order valence-electron chi connectivity index (χ1n) is 13.6. The van der Waals surface area contributed by atoms with Gasteiger partial charge in [-0.25, -0.2) is 4.68 Å². The van der Waals surface area contributed by atoms with Crippen molar-refractivity contribution in [1.29, 1.82) is 0 Å². The Bertz CT molecular complexity index is 1640. The van der Waals surface area contributed by atoms with Crippen molar-refractivity contribution in [2.75, 3.05) is 0 Å². The second kappa shape index (κ2) is 10.4. The minimum absolute atomic E-state index is 0.266. The van der Waals surface area contributed by atoms with Crippen molar-refractivity contribution in [3.05, 3.63) is 112 Å². The summed E-state index contributed by atoms with van der Waals surface area (Å²) in [6.07, 6.45) is 6.66. The molecule has 3 aromatic carbocycles. The number of nitrogens with one attached hydrogen (secondary N) is 1. The van der Waals surface area contributed by atoms with Crippen molar-refractivity contribution in [3.63, 3.8) is 0 Å². The molecule has 0 unspecified atom stereocenters. The summed E-state index contributed by atoms with van der Waals surface area (Å²) in [5, 5.41) is 12.1. The fourth-order valence-corrected chi connectivity index (χ4v) is 5.69. The first kappa shape index (κ1) is 24.9. The molecule has 0 atom stereocenters. The van der Waals surface area contributed by atoms with Gasteiger partial charge in [-0.1, -0.05) is 53.2 Å². The molecule has 196 valence electrons. The molecule has 0 aliphatic heterocycles. The van der Waals surface area contributed by atoms with Gasteiger partial charge in [-0.05, 0) is 86.9 Å². The lowest BCUT2D eigenvalue weighted by Gasteiger charge is -2.15. The van der Waals surface area contributed by atoms with Gasteiger partial charge in [-0.15, -0.1) is 0 Å². The second-order valence-corrected chi connectivity index (χ2v) is 10.5. The fraction of sp³-hybridized carbons (Fsp3) is 0.242. The van der Waals surface area contributed by atoms with Crippen molar-refractivity contribution in [2.24, 2.45) is 0 Å². The van der Waals surface area contributed by atoms with Crippen LogP contribution in [0.25, 0.3) is 28.3 Å². The van der Waals surface area contributed by atoms with Crippen LogP contribution in [0.15, 0.2) is 77.4 Å². The lowest BCUT2D eigenvalue weighted by molar-refractivity contribution is 0.0942. The predicted molar refractivity (Wildman–Crippen MR) is 153 cm³/mol. The Labute approximate surface area is 228 Å². The Kier molecular flexibility index (Phi) is 6.61. The standard InChI is InChI=1S/C33H32N4O2/c1-21-15-22(2)31(23(3)16-21)32-27(20-37(35-32)28-11-5-4-6-12-28)19-34-33(38)29-18-30(39-36-29)26-14-13-24-9-7-8-10-25(24)17-26/h4-6,11-18,20H,7-10,19H2,1-3H3,(H,34,38). The summed E-state index contributed by atoms with van der Waals surface area (Å²) < 4.78 is 7.46. The molecule has 1 aliphatic rings. The third-order valence-corrected chi connectivity index (χ3v) is 7.54. The van der Waals surface area contributed by atoms with E-state index in [0.717, 1.165) is 52.0 Å². The molecule has 0 saturated heterocycles. The first-order chi connectivity index (χ1) is 19.0. The van der Waals surface area contributed by atoms with Crippen LogP contribution >= 0.6 is 0 Å². The van der Waals surface area contributed by atoms with Crippen LogP contribution in [0.3, 0.4) is 0 Å². The van der Waals surface area contributed by atoms with E-state index in [4.69, 9.17) is 9.62 Å². The van der Waals surface area contributed by atoms with Crippen LogP contribution in [-0.2, 0) is 19.4 Å². The molecule has 0 saturated carbocycles. The maximum atomic E-state index is 13.1. The zero-order valence-electron chi connectivity index (χ0n) is 22.6. The van der Waals surface area contributed by atoms with E-state index in [9.17, 15) is 4.79 Å². The van der Waals surface area contributed by atoms with E-state index in [1.54, 1.807) is 6.07 Å². The Morgan fingerprint density at radius 3 is 2.44 bits per heavy atom. The molecule has 1 amide bonds. The molecule has 6 heteroatoms. The van der Waals surface area contributed by atoms with E-state index in [1.165, 1.54) is 29.5 Å². The number of amides is 1. The van der Waals surface area contributed by atoms with Crippen LogP contribution in [0.2, 0.25) is 0 Å². The number of rotatable bonds is 6. The van der Waals surface area contributed by atoms with Crippen molar-refractivity contribution >= 4 is 5.91 Å². The lowest BCUT2D eigenvalue weighted by Crippen LogP contribution is -2.23. The Hall–Kier alpha value is -4.45. The van der Waals surface area contributed by atoms with Gasteiger partial charge in [-0.3, -0.25) is 4.79 Å². The van der Waals surface area contributed by atoms with E-state index in [1.807, 2.05) is 41.2 Å². The fourth-order valence-electron chi connectivity index (χ4n) is 5.69. The van der Waals surface area contributed by atoms with Crippen LogP contribution in [-0.4, -0.2) is 20.8 Å². The normalized spacial score (nSPS) is 12.8. The third-order valence-electron chi connectivity index (χ3n) is 7.54. The summed E-state index contributed by atoms with van der Waals surface area (Å²) >= 11 is 0. The van der Waals surface area contributed by atoms with Crippen molar-refractivity contribution < 1.29 is 9.32 Å². The molecule has 1 N–H and O–H groups in total. The molecule has 1 aliphatic carbocycles. The van der Waals surface area contributed by atoms with Crippen molar-refractivity contribution in [3.8, 4) is 28.3 Å². The number of fused-ring (bicyclic) bond motifs is 1. The van der Waals surface area contributed by atoms with Gasteiger partial charge in [0.05, 0.1) is 11.4 Å². The number of nitrogens with zero attached hydrogens (tertiary/aromatic N) is 3. The number of carbonyl (C=O) groups is 1. The lowest BCUT2D eigenvalue weighted by atomic mass is 9.90. The summed E-state index contributed by atoms with van der Waals surface area (Å²) in [7, 11) is 0. The highest BCUT2D eigenvalue weighted by atomic mass is 16.5. The molecule has 0 spiro atoms. The van der Waals surface area contributed by atoms with Gasteiger partial charge in [0.1, 0.15) is 0 Å². The second-order valence-electron chi connectivity index (χ2n) is 10.5. The number of hydrogen-bond acceptors (Lipinski definition) is 4. The summed E-state index contributed by atoms with van der Waals surface area (Å²) in [6, 6.07) is 22.5. The summed E-state index contributed by atoms with van der Waals surface area (Å²) in [6.45, 7) is 6.63. The smallest absolute Gasteiger partial charge is 0.273 e. The van der Waals surface area contributed by atoms with Gasteiger partial charge in [0.2, 0.25) is 0 Å². The summed E-state index contributed by atoms with van der Waals surface area (Å²) in [5.41, 5.74) is 11.4. The highest BCUT2D eigenvalue weighted by Crippen LogP contribution is 2.31. The zero-order valence-corrected chi connectivity index (χ0v) is 22.6. The molecule has 5 aromatic rings. The quantitative estimate of drug-likeness (QED) is 0.266. The van der Waals surface area contributed by atoms with Gasteiger partial charge in [0.15, 0.2) is 11.5 Å². The van der Waals surface area contributed by atoms with E-state index in [2.05, 4.69) is 61.6 Å². The van der Waals surface area contributed by atoms with Crippen LogP contribution in [0.4, 0.5) is 0 Å². The van der Waals surface area contributed by atoms with E-state index in [0.29, 0.717) is 12.3 Å². The average Bonchev–Trinajstić information content (AvgIpc) is 3.60. The molecule has 2 aromatic heterocycles. The van der Waals surface area contributed by atoms with E-state index >= 15 is 0 Å². The Balaban J connectivity index is 1.26. The van der Waals surface area contributed by atoms with Gasteiger partial charge in [-0.2, -0.15) is 5.10 Å². The van der Waals surface area contributed by atoms with Gasteiger partial charge in [0.25, 0.3) is 5.91 Å². The Morgan fingerprint density at radius 1 is 0.923 bits per heavy atom. The van der Waals surface area contributed by atoms with Crippen LogP contribution < -0.4 is 5.32 Å². The minimum atomic E-state index is -0.279. The van der Waals surface area contributed by atoms with E-state index < -0.39 is 0 Å². The molecule has 0 radical (unpaired) electrons. The topological polar surface area (TPSA) is 73.0 Å². The van der Waals surface area contributed by atoms with Crippen molar-refractivity contribution in [2.45, 2.75) is 53.0 Å². The molecule has 6 rings (SSSR count). The molecular weight excluding hydrogens is 484 g/mol. The van der Waals surface area contributed by atoms with E-state index in [-0.39, 0.29) is 11.6 Å². The maximum Gasteiger partial charge on any atom is 0.273 e. The molecule has 2 heterocycles. The number of carbonyl (C=O) groups excluding carboxylic acids is 1. The maximum absolute atomic E-state index is 13.1. The van der Waals surface area contributed by atoms with Gasteiger partial charge >= 0.3 is 0 Å². The molecule has 39 heavy (non-hydrogen) atoms. The van der Waals surface area contributed by atoms with Crippen LogP contribution in [0.1, 0.15) is 56.7 Å². The number of aryl methyl sites for hydroxylation is 5. The zero-order chi connectivity index (χ0) is 26.9. The monoisotopic (exact) mass is 516 g/mol. The molecular formula is C33H32N4O2. The van der Waals surface area contributed by atoms with Crippen LogP contribution in [0.5, 0.6) is 0 Å². The predicted octanol–water partition coefficient (Wildman–Crippen LogP) is 6.93. The third kappa shape index (κ3) is 5.02. The first-order valence-corrected chi connectivity index (χ1v) is 13.6.